The fourth-order valence-corrected chi connectivity index (χ4v) is 3.68. The monoisotopic (exact) mass is 397 g/mol. The van der Waals surface area contributed by atoms with E-state index in [1.165, 1.54) is 19.1 Å². The Morgan fingerprint density at radius 3 is 2.45 bits per heavy atom. The van der Waals surface area contributed by atoms with E-state index in [2.05, 4.69) is 11.4 Å². The van der Waals surface area contributed by atoms with Crippen LogP contribution in [0.3, 0.4) is 0 Å². The van der Waals surface area contributed by atoms with Crippen molar-refractivity contribution in [2.45, 2.75) is 63.5 Å². The molecule has 152 valence electrons. The molecule has 1 saturated carbocycles. The van der Waals surface area contributed by atoms with Crippen LogP contribution in [0.2, 0.25) is 0 Å². The third kappa shape index (κ3) is 4.45. The van der Waals surface area contributed by atoms with E-state index in [9.17, 15) is 24.4 Å². The number of ether oxygens (including phenoxy) is 1. The van der Waals surface area contributed by atoms with Crippen LogP contribution in [0, 0.1) is 11.3 Å². The highest BCUT2D eigenvalue weighted by Gasteiger charge is 2.36. The van der Waals surface area contributed by atoms with Gasteiger partial charge in [0.15, 0.2) is 6.10 Å². The molecule has 1 atom stereocenters. The Balaban J connectivity index is 1.66. The van der Waals surface area contributed by atoms with E-state index >= 15 is 0 Å². The normalized spacial score (nSPS) is 19.4. The average Bonchev–Trinajstić information content (AvgIpc) is 3.06. The lowest BCUT2D eigenvalue weighted by atomic mass is 9.83. The van der Waals surface area contributed by atoms with E-state index in [1.54, 1.807) is 12.1 Å². The standard InChI is InChI=1S/C21H23N3O5/c1-14(19(27)23-21(13-22)10-3-2-4-11-21)29-20(28)15-6-5-7-16(12-15)24-17(25)8-9-18(24)26/h5-7,12,14H,2-4,8-11H2,1H3,(H,23,27). The van der Waals surface area contributed by atoms with E-state index < -0.39 is 23.5 Å². The van der Waals surface area contributed by atoms with Crippen molar-refractivity contribution in [1.29, 1.82) is 5.26 Å². The van der Waals surface area contributed by atoms with Gasteiger partial charge >= 0.3 is 5.97 Å². The molecule has 0 bridgehead atoms. The Hall–Kier alpha value is -3.21. The molecular formula is C21H23N3O5. The predicted molar refractivity (Wildman–Crippen MR) is 103 cm³/mol. The Bertz CT molecular complexity index is 867. The lowest BCUT2D eigenvalue weighted by molar-refractivity contribution is -0.130. The first-order valence-electron chi connectivity index (χ1n) is 9.75. The molecule has 0 spiro atoms. The number of amides is 3. The first-order valence-corrected chi connectivity index (χ1v) is 9.75. The Morgan fingerprint density at radius 1 is 1.17 bits per heavy atom. The molecule has 1 aromatic rings. The maximum absolute atomic E-state index is 12.5. The minimum atomic E-state index is -1.09. The molecule has 8 heteroatoms. The van der Waals surface area contributed by atoms with Crippen molar-refractivity contribution >= 4 is 29.4 Å². The van der Waals surface area contributed by atoms with Gasteiger partial charge < -0.3 is 10.1 Å². The number of nitrogens with one attached hydrogen (secondary N) is 1. The molecule has 2 aliphatic rings. The topological polar surface area (TPSA) is 117 Å². The second-order valence-corrected chi connectivity index (χ2v) is 7.46. The van der Waals surface area contributed by atoms with Crippen LogP contribution in [-0.4, -0.2) is 35.3 Å². The summed E-state index contributed by atoms with van der Waals surface area (Å²) in [5.74, 6) is -1.91. The van der Waals surface area contributed by atoms with Gasteiger partial charge in [-0.1, -0.05) is 25.3 Å². The second-order valence-electron chi connectivity index (χ2n) is 7.46. The number of hydrogen-bond donors (Lipinski definition) is 1. The summed E-state index contributed by atoms with van der Waals surface area (Å²) in [4.78, 5) is 49.8. The zero-order valence-electron chi connectivity index (χ0n) is 16.3. The van der Waals surface area contributed by atoms with Crippen molar-refractivity contribution < 1.29 is 23.9 Å². The Kier molecular flexibility index (Phi) is 5.97. The first-order chi connectivity index (χ1) is 13.8. The lowest BCUT2D eigenvalue weighted by Gasteiger charge is -2.32. The highest BCUT2D eigenvalue weighted by Crippen LogP contribution is 2.28. The van der Waals surface area contributed by atoms with Crippen molar-refractivity contribution in [2.24, 2.45) is 0 Å². The SMILES string of the molecule is CC(OC(=O)c1cccc(N2C(=O)CCC2=O)c1)C(=O)NC1(C#N)CCCCC1. The van der Waals surface area contributed by atoms with Gasteiger partial charge in [-0.2, -0.15) is 5.26 Å². The number of carbonyl (C=O) groups is 4. The molecule has 0 radical (unpaired) electrons. The van der Waals surface area contributed by atoms with Crippen molar-refractivity contribution in [3.05, 3.63) is 29.8 Å². The molecule has 1 N–H and O–H groups in total. The van der Waals surface area contributed by atoms with E-state index in [-0.39, 0.29) is 30.2 Å². The van der Waals surface area contributed by atoms with Gasteiger partial charge in [0.1, 0.15) is 5.54 Å². The molecular weight excluding hydrogens is 374 g/mol. The number of anilines is 1. The maximum Gasteiger partial charge on any atom is 0.338 e. The Labute approximate surface area is 168 Å². The molecule has 2 fully saturated rings. The zero-order chi connectivity index (χ0) is 21.0. The van der Waals surface area contributed by atoms with E-state index in [4.69, 9.17) is 4.74 Å². The van der Waals surface area contributed by atoms with Crippen LogP contribution in [-0.2, 0) is 19.1 Å². The van der Waals surface area contributed by atoms with Gasteiger partial charge in [0.05, 0.1) is 17.3 Å². The highest BCUT2D eigenvalue weighted by atomic mass is 16.5. The lowest BCUT2D eigenvalue weighted by Crippen LogP contribution is -2.52. The third-order valence-corrected chi connectivity index (χ3v) is 5.33. The molecule has 8 nitrogen and oxygen atoms in total. The third-order valence-electron chi connectivity index (χ3n) is 5.33. The Morgan fingerprint density at radius 2 is 1.83 bits per heavy atom. The van der Waals surface area contributed by atoms with Gasteiger partial charge in [-0.05, 0) is 38.0 Å². The summed E-state index contributed by atoms with van der Waals surface area (Å²) < 4.78 is 5.25. The molecule has 0 aromatic heterocycles. The van der Waals surface area contributed by atoms with E-state index in [0.717, 1.165) is 24.2 Å². The van der Waals surface area contributed by atoms with Gasteiger partial charge in [-0.15, -0.1) is 0 Å². The number of hydrogen-bond acceptors (Lipinski definition) is 6. The zero-order valence-corrected chi connectivity index (χ0v) is 16.3. The van der Waals surface area contributed by atoms with Crippen LogP contribution in [0.1, 0.15) is 62.2 Å². The maximum atomic E-state index is 12.5. The summed E-state index contributed by atoms with van der Waals surface area (Å²) in [6.45, 7) is 1.44. The summed E-state index contributed by atoms with van der Waals surface area (Å²) in [5, 5.41) is 12.2. The smallest absolute Gasteiger partial charge is 0.338 e. The van der Waals surface area contributed by atoms with E-state index in [1.807, 2.05) is 0 Å². The number of benzene rings is 1. The number of rotatable bonds is 5. The number of imide groups is 1. The molecule has 1 aliphatic carbocycles. The second kappa shape index (κ2) is 8.43. The van der Waals surface area contributed by atoms with Crippen molar-refractivity contribution in [3.63, 3.8) is 0 Å². The fraction of sp³-hybridized carbons (Fsp3) is 0.476. The molecule has 3 rings (SSSR count). The molecule has 1 aliphatic heterocycles. The minimum Gasteiger partial charge on any atom is -0.449 e. The fourth-order valence-electron chi connectivity index (χ4n) is 3.68. The molecule has 1 aromatic carbocycles. The van der Waals surface area contributed by atoms with Crippen LogP contribution in [0.4, 0.5) is 5.69 Å². The van der Waals surface area contributed by atoms with Gasteiger partial charge in [-0.25, -0.2) is 4.79 Å². The van der Waals surface area contributed by atoms with Gasteiger partial charge in [-0.3, -0.25) is 19.3 Å². The number of carbonyl (C=O) groups excluding carboxylic acids is 4. The molecule has 3 amide bonds. The first kappa shape index (κ1) is 20.5. The van der Waals surface area contributed by atoms with Crippen LogP contribution in [0.15, 0.2) is 24.3 Å². The summed E-state index contributed by atoms with van der Waals surface area (Å²) in [6.07, 6.45) is 3.11. The molecule has 1 heterocycles. The molecule has 29 heavy (non-hydrogen) atoms. The quantitative estimate of drug-likeness (QED) is 0.601. The van der Waals surface area contributed by atoms with Crippen molar-refractivity contribution in [2.75, 3.05) is 4.90 Å². The summed E-state index contributed by atoms with van der Waals surface area (Å²) >= 11 is 0. The number of nitrogens with zero attached hydrogens (tertiary/aromatic N) is 2. The predicted octanol–water partition coefficient (Wildman–Crippen LogP) is 2.23. The molecule has 1 unspecified atom stereocenters. The number of esters is 1. The van der Waals surface area contributed by atoms with Gasteiger partial charge in [0.2, 0.25) is 11.8 Å². The van der Waals surface area contributed by atoms with Crippen LogP contribution < -0.4 is 10.2 Å². The highest BCUT2D eigenvalue weighted by molar-refractivity contribution is 6.20. The van der Waals surface area contributed by atoms with E-state index in [0.29, 0.717) is 18.5 Å². The summed E-state index contributed by atoms with van der Waals surface area (Å²) in [7, 11) is 0. The summed E-state index contributed by atoms with van der Waals surface area (Å²) in [6, 6.07) is 8.18. The van der Waals surface area contributed by atoms with Crippen molar-refractivity contribution in [3.8, 4) is 6.07 Å². The van der Waals surface area contributed by atoms with Crippen molar-refractivity contribution in [1.82, 2.24) is 5.32 Å². The minimum absolute atomic E-state index is 0.127. The van der Waals surface area contributed by atoms with Gasteiger partial charge in [0, 0.05) is 12.8 Å². The number of nitriles is 1. The summed E-state index contributed by atoms with van der Waals surface area (Å²) in [5.41, 5.74) is -0.483. The van der Waals surface area contributed by atoms with Crippen LogP contribution >= 0.6 is 0 Å². The van der Waals surface area contributed by atoms with Crippen LogP contribution in [0.5, 0.6) is 0 Å². The largest absolute Gasteiger partial charge is 0.449 e. The average molecular weight is 397 g/mol. The van der Waals surface area contributed by atoms with Crippen LogP contribution in [0.25, 0.3) is 0 Å². The molecule has 1 saturated heterocycles. The van der Waals surface area contributed by atoms with Gasteiger partial charge in [0.25, 0.3) is 5.91 Å².